The Hall–Kier alpha value is -3.15. The smallest absolute Gasteiger partial charge is 0.138 e. The van der Waals surface area contributed by atoms with E-state index in [9.17, 15) is 8.78 Å². The first-order valence-electron chi connectivity index (χ1n) is 8.90. The number of fused-ring (bicyclic) bond motifs is 2. The van der Waals surface area contributed by atoms with Gasteiger partial charge in [-0.2, -0.15) is 5.10 Å². The second-order valence-corrected chi connectivity index (χ2v) is 6.77. The number of hydrogen-bond donors (Lipinski definition) is 0. The van der Waals surface area contributed by atoms with Gasteiger partial charge in [0.1, 0.15) is 17.3 Å². The van der Waals surface area contributed by atoms with Crippen LogP contribution < -0.4 is 0 Å². The van der Waals surface area contributed by atoms with Crippen LogP contribution >= 0.6 is 0 Å². The molecule has 6 heteroatoms. The van der Waals surface area contributed by atoms with Crippen LogP contribution in [0.4, 0.5) is 8.78 Å². The van der Waals surface area contributed by atoms with Gasteiger partial charge in [0, 0.05) is 23.4 Å². The van der Waals surface area contributed by atoms with Crippen LogP contribution in [0.1, 0.15) is 17.7 Å². The van der Waals surface area contributed by atoms with Gasteiger partial charge in [-0.15, -0.1) is 0 Å². The summed E-state index contributed by atoms with van der Waals surface area (Å²) in [5, 5.41) is 4.64. The van der Waals surface area contributed by atoms with Crippen molar-refractivity contribution in [2.75, 3.05) is 0 Å². The van der Waals surface area contributed by atoms with Crippen molar-refractivity contribution in [3.05, 3.63) is 65.5 Å². The molecule has 0 bridgehead atoms. The molecule has 0 aliphatic carbocycles. The van der Waals surface area contributed by atoms with Crippen molar-refractivity contribution in [3.63, 3.8) is 0 Å². The normalized spacial score (nSPS) is 13.3. The van der Waals surface area contributed by atoms with Crippen molar-refractivity contribution < 1.29 is 8.78 Å². The maximum Gasteiger partial charge on any atom is 0.138 e. The number of hydrogen-bond acceptors (Lipinski definition) is 3. The molecule has 0 fully saturated rings. The summed E-state index contributed by atoms with van der Waals surface area (Å²) in [6, 6.07) is 10.4. The lowest BCUT2D eigenvalue weighted by molar-refractivity contribution is 0.569. The van der Waals surface area contributed by atoms with Gasteiger partial charge in [-0.05, 0) is 44.0 Å². The molecular formula is C21H16F2N4. The third kappa shape index (κ3) is 2.44. The van der Waals surface area contributed by atoms with Crippen molar-refractivity contribution in [1.29, 1.82) is 0 Å². The Balaban J connectivity index is 1.78. The molecule has 134 valence electrons. The standard InChI is InChI=1S/C21H16F2N4/c1-12-14(22)9-8-13(20(12)23)21-19(18-7-4-10-27(18)26-21)17-11-24-15-5-2-3-6-16(15)25-17/h2-3,5-6,8-9,11H,4,7,10H2,1H3. The fraction of sp³-hybridized carbons (Fsp3) is 0.190. The largest absolute Gasteiger partial charge is 0.268 e. The quantitative estimate of drug-likeness (QED) is 0.519. The van der Waals surface area contributed by atoms with Gasteiger partial charge in [0.05, 0.1) is 28.5 Å². The molecule has 2 aromatic carbocycles. The summed E-state index contributed by atoms with van der Waals surface area (Å²) in [7, 11) is 0. The van der Waals surface area contributed by atoms with E-state index in [-0.39, 0.29) is 5.56 Å². The summed E-state index contributed by atoms with van der Waals surface area (Å²) in [4.78, 5) is 9.24. The zero-order chi connectivity index (χ0) is 18.5. The molecule has 1 aliphatic rings. The summed E-state index contributed by atoms with van der Waals surface area (Å²) in [5.41, 5.74) is 4.83. The average Bonchev–Trinajstić information content (AvgIpc) is 3.27. The lowest BCUT2D eigenvalue weighted by Crippen LogP contribution is -1.97. The van der Waals surface area contributed by atoms with Crippen LogP contribution in [-0.2, 0) is 13.0 Å². The third-order valence-electron chi connectivity index (χ3n) is 5.12. The van der Waals surface area contributed by atoms with Gasteiger partial charge in [0.25, 0.3) is 0 Å². The van der Waals surface area contributed by atoms with E-state index < -0.39 is 11.6 Å². The summed E-state index contributed by atoms with van der Waals surface area (Å²) >= 11 is 0. The van der Waals surface area contributed by atoms with Gasteiger partial charge in [0.15, 0.2) is 0 Å². The van der Waals surface area contributed by atoms with E-state index in [4.69, 9.17) is 4.98 Å². The van der Waals surface area contributed by atoms with E-state index in [0.29, 0.717) is 17.0 Å². The summed E-state index contributed by atoms with van der Waals surface area (Å²) in [5.74, 6) is -1.14. The van der Waals surface area contributed by atoms with E-state index in [1.165, 1.54) is 19.1 Å². The van der Waals surface area contributed by atoms with Gasteiger partial charge in [-0.3, -0.25) is 9.67 Å². The molecule has 0 radical (unpaired) electrons. The molecule has 2 aromatic heterocycles. The molecule has 0 atom stereocenters. The van der Waals surface area contributed by atoms with Gasteiger partial charge >= 0.3 is 0 Å². The van der Waals surface area contributed by atoms with Crippen molar-refractivity contribution in [1.82, 2.24) is 19.7 Å². The molecule has 3 heterocycles. The number of aryl methyl sites for hydroxylation is 1. The maximum atomic E-state index is 14.8. The number of nitrogens with zero attached hydrogens (tertiary/aromatic N) is 4. The molecule has 0 spiro atoms. The van der Waals surface area contributed by atoms with Crippen molar-refractivity contribution >= 4 is 11.0 Å². The van der Waals surface area contributed by atoms with Crippen LogP contribution in [0.5, 0.6) is 0 Å². The zero-order valence-electron chi connectivity index (χ0n) is 14.7. The lowest BCUT2D eigenvalue weighted by Gasteiger charge is -2.08. The van der Waals surface area contributed by atoms with Crippen LogP contribution in [0.25, 0.3) is 33.5 Å². The molecular weight excluding hydrogens is 346 g/mol. The summed E-state index contributed by atoms with van der Waals surface area (Å²) in [6.07, 6.45) is 3.54. The Bertz CT molecular complexity index is 1200. The summed E-state index contributed by atoms with van der Waals surface area (Å²) in [6.45, 7) is 2.22. The molecule has 4 nitrogen and oxygen atoms in total. The Kier molecular flexibility index (Phi) is 3.53. The fourth-order valence-electron chi connectivity index (χ4n) is 3.71. The number of benzene rings is 2. The molecule has 0 saturated heterocycles. The SMILES string of the molecule is Cc1c(F)ccc(-c2nn3c(c2-c2cnc4ccccc4n2)CCC3)c1F. The molecule has 1 aliphatic heterocycles. The monoisotopic (exact) mass is 362 g/mol. The van der Waals surface area contributed by atoms with E-state index in [2.05, 4.69) is 10.1 Å². The number of para-hydroxylation sites is 2. The van der Waals surface area contributed by atoms with E-state index in [0.717, 1.165) is 41.7 Å². The Labute approximate surface area is 154 Å². The molecule has 27 heavy (non-hydrogen) atoms. The minimum Gasteiger partial charge on any atom is -0.268 e. The Morgan fingerprint density at radius 1 is 1.04 bits per heavy atom. The minimum absolute atomic E-state index is 0.00351. The third-order valence-corrected chi connectivity index (χ3v) is 5.12. The number of halogens is 2. The van der Waals surface area contributed by atoms with Gasteiger partial charge < -0.3 is 0 Å². The van der Waals surface area contributed by atoms with Crippen molar-refractivity contribution in [3.8, 4) is 22.5 Å². The minimum atomic E-state index is -0.582. The first-order valence-corrected chi connectivity index (χ1v) is 8.90. The van der Waals surface area contributed by atoms with Crippen molar-refractivity contribution in [2.45, 2.75) is 26.3 Å². The zero-order valence-corrected chi connectivity index (χ0v) is 14.7. The van der Waals surface area contributed by atoms with Crippen LogP contribution in [0.3, 0.4) is 0 Å². The molecule has 0 unspecified atom stereocenters. The highest BCUT2D eigenvalue weighted by Crippen LogP contribution is 2.38. The fourth-order valence-corrected chi connectivity index (χ4v) is 3.71. The van der Waals surface area contributed by atoms with Crippen LogP contribution in [0.2, 0.25) is 0 Å². The average molecular weight is 362 g/mol. The van der Waals surface area contributed by atoms with E-state index in [1.54, 1.807) is 6.20 Å². The first-order chi connectivity index (χ1) is 13.1. The van der Waals surface area contributed by atoms with Gasteiger partial charge in [-0.1, -0.05) is 12.1 Å². The Morgan fingerprint density at radius 2 is 1.85 bits per heavy atom. The lowest BCUT2D eigenvalue weighted by atomic mass is 9.99. The first kappa shape index (κ1) is 16.1. The van der Waals surface area contributed by atoms with Gasteiger partial charge in [0.2, 0.25) is 0 Å². The molecule has 0 amide bonds. The maximum absolute atomic E-state index is 14.8. The highest BCUT2D eigenvalue weighted by Gasteiger charge is 2.27. The molecule has 0 saturated carbocycles. The van der Waals surface area contributed by atoms with Crippen LogP contribution in [0, 0.1) is 18.6 Å². The van der Waals surface area contributed by atoms with Crippen LogP contribution in [-0.4, -0.2) is 19.7 Å². The predicted molar refractivity (Wildman–Crippen MR) is 99.2 cm³/mol. The molecule has 4 aromatic rings. The predicted octanol–water partition coefficient (Wildman–Crippen LogP) is 4.69. The second kappa shape index (κ2) is 5.94. The summed E-state index contributed by atoms with van der Waals surface area (Å²) < 4.78 is 30.5. The Morgan fingerprint density at radius 3 is 2.70 bits per heavy atom. The number of rotatable bonds is 2. The van der Waals surface area contributed by atoms with Gasteiger partial charge in [-0.25, -0.2) is 13.8 Å². The highest BCUT2D eigenvalue weighted by molar-refractivity contribution is 5.84. The molecule has 0 N–H and O–H groups in total. The van der Waals surface area contributed by atoms with Crippen LogP contribution in [0.15, 0.2) is 42.6 Å². The number of aromatic nitrogens is 4. The van der Waals surface area contributed by atoms with Crippen molar-refractivity contribution in [2.24, 2.45) is 0 Å². The second-order valence-electron chi connectivity index (χ2n) is 6.77. The van der Waals surface area contributed by atoms with E-state index >= 15 is 0 Å². The topological polar surface area (TPSA) is 43.6 Å². The highest BCUT2D eigenvalue weighted by atomic mass is 19.1. The molecule has 5 rings (SSSR count). The van der Waals surface area contributed by atoms with E-state index in [1.807, 2.05) is 28.9 Å².